The van der Waals surface area contributed by atoms with Gasteiger partial charge < -0.3 is 5.32 Å². The van der Waals surface area contributed by atoms with Crippen molar-refractivity contribution in [1.29, 1.82) is 5.26 Å². The van der Waals surface area contributed by atoms with Gasteiger partial charge in [0, 0.05) is 12.1 Å². The number of carbonyl (C=O) groups excluding carboxylic acids is 1. The lowest BCUT2D eigenvalue weighted by atomic mass is 10.1. The Morgan fingerprint density at radius 1 is 1.47 bits per heavy atom. The first-order valence-electron chi connectivity index (χ1n) is 5.87. The third-order valence-electron chi connectivity index (χ3n) is 2.48. The molecule has 0 heterocycles. The molecule has 1 aromatic carbocycles. The third-order valence-corrected chi connectivity index (χ3v) is 2.48. The lowest BCUT2D eigenvalue weighted by molar-refractivity contribution is 0.0952. The molecule has 0 aliphatic rings. The first-order valence-corrected chi connectivity index (χ1v) is 5.87. The summed E-state index contributed by atoms with van der Waals surface area (Å²) in [6.07, 6.45) is 1.32. The van der Waals surface area contributed by atoms with Crippen LogP contribution in [-0.4, -0.2) is 12.5 Å². The summed E-state index contributed by atoms with van der Waals surface area (Å²) in [4.78, 5) is 11.8. The van der Waals surface area contributed by atoms with E-state index in [1.54, 1.807) is 12.1 Å². The molecule has 0 atom stereocenters. The first kappa shape index (κ1) is 13.2. The van der Waals surface area contributed by atoms with Crippen LogP contribution in [0.15, 0.2) is 24.3 Å². The van der Waals surface area contributed by atoms with Gasteiger partial charge in [-0.15, -0.1) is 0 Å². The highest BCUT2D eigenvalue weighted by Gasteiger charge is 2.05. The van der Waals surface area contributed by atoms with Crippen LogP contribution in [0.4, 0.5) is 0 Å². The van der Waals surface area contributed by atoms with Gasteiger partial charge in [0.2, 0.25) is 0 Å². The Labute approximate surface area is 102 Å². The molecule has 0 unspecified atom stereocenters. The van der Waals surface area contributed by atoms with Crippen molar-refractivity contribution in [3.8, 4) is 6.07 Å². The number of carbonyl (C=O) groups is 1. The number of rotatable bonds is 5. The Balaban J connectivity index is 2.57. The summed E-state index contributed by atoms with van der Waals surface area (Å²) in [5.74, 6) is 0.519. The summed E-state index contributed by atoms with van der Waals surface area (Å²) in [5, 5.41) is 11.5. The zero-order chi connectivity index (χ0) is 12.7. The highest BCUT2D eigenvalue weighted by molar-refractivity contribution is 5.94. The summed E-state index contributed by atoms with van der Waals surface area (Å²) in [5.41, 5.74) is 1.51. The van der Waals surface area contributed by atoms with Gasteiger partial charge in [-0.3, -0.25) is 4.79 Å². The van der Waals surface area contributed by atoms with Gasteiger partial charge in [0.05, 0.1) is 12.5 Å². The molecule has 0 saturated heterocycles. The van der Waals surface area contributed by atoms with Gasteiger partial charge in [-0.2, -0.15) is 5.26 Å². The number of nitrogens with one attached hydrogen (secondary N) is 1. The van der Waals surface area contributed by atoms with E-state index in [-0.39, 0.29) is 5.91 Å². The Bertz CT molecular complexity index is 418. The van der Waals surface area contributed by atoms with Gasteiger partial charge in [0.15, 0.2) is 0 Å². The van der Waals surface area contributed by atoms with Crippen LogP contribution < -0.4 is 5.32 Å². The van der Waals surface area contributed by atoms with Crippen LogP contribution >= 0.6 is 0 Å². The molecule has 0 spiro atoms. The van der Waals surface area contributed by atoms with Crippen LogP contribution in [0.5, 0.6) is 0 Å². The largest absolute Gasteiger partial charge is 0.352 e. The molecule has 0 fully saturated rings. The molecular formula is C14H18N2O. The van der Waals surface area contributed by atoms with Crippen LogP contribution in [0.25, 0.3) is 0 Å². The van der Waals surface area contributed by atoms with Gasteiger partial charge in [-0.25, -0.2) is 0 Å². The van der Waals surface area contributed by atoms with Crippen LogP contribution in [0.3, 0.4) is 0 Å². The van der Waals surface area contributed by atoms with Crippen molar-refractivity contribution < 1.29 is 4.79 Å². The predicted molar refractivity (Wildman–Crippen MR) is 67.5 cm³/mol. The van der Waals surface area contributed by atoms with Crippen molar-refractivity contribution >= 4 is 5.91 Å². The maximum atomic E-state index is 11.8. The fourth-order valence-electron chi connectivity index (χ4n) is 1.49. The second kappa shape index (κ2) is 6.70. The molecular weight excluding hydrogens is 212 g/mol. The Morgan fingerprint density at radius 3 is 2.88 bits per heavy atom. The molecule has 0 aromatic heterocycles. The predicted octanol–water partition coefficient (Wildman–Crippen LogP) is 2.53. The standard InChI is InChI=1S/C14H18N2O/c1-11(2)7-9-16-14(17)13-5-3-4-12(10-13)6-8-15/h3-5,10-11H,6-7,9H2,1-2H3,(H,16,17). The quantitative estimate of drug-likeness (QED) is 0.845. The number of nitrogens with zero attached hydrogens (tertiary/aromatic N) is 1. The van der Waals surface area contributed by atoms with Crippen LogP contribution in [0.2, 0.25) is 0 Å². The maximum Gasteiger partial charge on any atom is 0.251 e. The van der Waals surface area contributed by atoms with E-state index >= 15 is 0 Å². The normalized spacial score (nSPS) is 10.0. The van der Waals surface area contributed by atoms with E-state index in [9.17, 15) is 4.79 Å². The van der Waals surface area contributed by atoms with Gasteiger partial charge in [0.1, 0.15) is 0 Å². The zero-order valence-corrected chi connectivity index (χ0v) is 10.4. The van der Waals surface area contributed by atoms with E-state index in [4.69, 9.17) is 5.26 Å². The van der Waals surface area contributed by atoms with Gasteiger partial charge in [0.25, 0.3) is 5.91 Å². The van der Waals surface area contributed by atoms with Gasteiger partial charge in [-0.1, -0.05) is 26.0 Å². The summed E-state index contributed by atoms with van der Waals surface area (Å²) in [7, 11) is 0. The fraction of sp³-hybridized carbons (Fsp3) is 0.429. The average Bonchev–Trinajstić information content (AvgIpc) is 2.29. The molecule has 0 saturated carbocycles. The molecule has 0 radical (unpaired) electrons. The van der Waals surface area contributed by atoms with Crippen LogP contribution in [-0.2, 0) is 6.42 Å². The highest BCUT2D eigenvalue weighted by atomic mass is 16.1. The van der Waals surface area contributed by atoms with Crippen LogP contribution in [0, 0.1) is 17.2 Å². The van der Waals surface area contributed by atoms with Crippen molar-refractivity contribution in [2.75, 3.05) is 6.54 Å². The molecule has 3 nitrogen and oxygen atoms in total. The van der Waals surface area contributed by atoms with Crippen molar-refractivity contribution in [1.82, 2.24) is 5.32 Å². The number of hydrogen-bond donors (Lipinski definition) is 1. The lowest BCUT2D eigenvalue weighted by Crippen LogP contribution is -2.25. The van der Waals surface area contributed by atoms with Crippen molar-refractivity contribution in [3.05, 3.63) is 35.4 Å². The van der Waals surface area contributed by atoms with Crippen LogP contribution in [0.1, 0.15) is 36.2 Å². The SMILES string of the molecule is CC(C)CCNC(=O)c1cccc(CC#N)c1. The van der Waals surface area contributed by atoms with Crippen molar-refractivity contribution in [2.45, 2.75) is 26.7 Å². The van der Waals surface area contributed by atoms with E-state index in [1.165, 1.54) is 0 Å². The Hall–Kier alpha value is -1.82. The molecule has 3 heteroatoms. The number of nitriles is 1. The third kappa shape index (κ3) is 4.69. The van der Waals surface area contributed by atoms with E-state index in [0.717, 1.165) is 12.0 Å². The van der Waals surface area contributed by atoms with Crippen molar-refractivity contribution in [3.63, 3.8) is 0 Å². The summed E-state index contributed by atoms with van der Waals surface area (Å²) >= 11 is 0. The minimum atomic E-state index is -0.0644. The molecule has 1 amide bonds. The molecule has 17 heavy (non-hydrogen) atoms. The highest BCUT2D eigenvalue weighted by Crippen LogP contribution is 2.06. The maximum absolute atomic E-state index is 11.8. The summed E-state index contributed by atoms with van der Waals surface area (Å²) in [6.45, 7) is 4.94. The first-order chi connectivity index (χ1) is 8.13. The number of amides is 1. The summed E-state index contributed by atoms with van der Waals surface area (Å²) in [6, 6.07) is 9.28. The van der Waals surface area contributed by atoms with E-state index in [0.29, 0.717) is 24.4 Å². The molecule has 0 bridgehead atoms. The van der Waals surface area contributed by atoms with E-state index < -0.39 is 0 Å². The molecule has 0 aliphatic heterocycles. The summed E-state index contributed by atoms with van der Waals surface area (Å²) < 4.78 is 0. The van der Waals surface area contributed by atoms with E-state index in [2.05, 4.69) is 25.2 Å². The Morgan fingerprint density at radius 2 is 2.24 bits per heavy atom. The van der Waals surface area contributed by atoms with E-state index in [1.807, 2.05) is 12.1 Å². The zero-order valence-electron chi connectivity index (χ0n) is 10.4. The smallest absolute Gasteiger partial charge is 0.251 e. The van der Waals surface area contributed by atoms with Crippen molar-refractivity contribution in [2.24, 2.45) is 5.92 Å². The molecule has 0 aliphatic carbocycles. The molecule has 1 rings (SSSR count). The number of benzene rings is 1. The molecule has 1 N–H and O–H groups in total. The second-order valence-corrected chi connectivity index (χ2v) is 4.47. The average molecular weight is 230 g/mol. The fourth-order valence-corrected chi connectivity index (χ4v) is 1.49. The number of hydrogen-bond acceptors (Lipinski definition) is 2. The topological polar surface area (TPSA) is 52.9 Å². The Kier molecular flexibility index (Phi) is 5.22. The molecule has 1 aromatic rings. The minimum Gasteiger partial charge on any atom is -0.352 e. The molecule has 90 valence electrons. The monoisotopic (exact) mass is 230 g/mol. The van der Waals surface area contributed by atoms with Gasteiger partial charge >= 0.3 is 0 Å². The minimum absolute atomic E-state index is 0.0644. The van der Waals surface area contributed by atoms with Gasteiger partial charge in [-0.05, 0) is 30.0 Å². The second-order valence-electron chi connectivity index (χ2n) is 4.47. The lowest BCUT2D eigenvalue weighted by Gasteiger charge is -2.07.